The van der Waals surface area contributed by atoms with Crippen LogP contribution in [0.4, 0.5) is 17.1 Å². The number of nitrogens with zero attached hydrogens (tertiary/aromatic N) is 6. The molecule has 31 heavy (non-hydrogen) atoms. The van der Waals surface area contributed by atoms with Crippen LogP contribution in [0.15, 0.2) is 38.0 Å². The number of aromatic nitrogens is 4. The summed E-state index contributed by atoms with van der Waals surface area (Å²) >= 11 is 1.24. The van der Waals surface area contributed by atoms with Gasteiger partial charge in [0.15, 0.2) is 16.3 Å². The van der Waals surface area contributed by atoms with Crippen LogP contribution in [0.3, 0.4) is 0 Å². The average Bonchev–Trinajstić information content (AvgIpc) is 3.03. The van der Waals surface area contributed by atoms with Crippen LogP contribution >= 0.6 is 11.8 Å². The van der Waals surface area contributed by atoms with E-state index >= 15 is 0 Å². The van der Waals surface area contributed by atoms with Gasteiger partial charge in [0.05, 0.1) is 15.9 Å². The Labute approximate surface area is 176 Å². The second-order valence-corrected chi connectivity index (χ2v) is 7.35. The Bertz CT molecular complexity index is 1350. The first-order valence-electron chi connectivity index (χ1n) is 8.60. The normalized spacial score (nSPS) is 11.6. The smallest absolute Gasteiger partial charge is 0.316 e. The van der Waals surface area contributed by atoms with Gasteiger partial charge >= 0.3 is 11.4 Å². The predicted molar refractivity (Wildman–Crippen MR) is 114 cm³/mol. The summed E-state index contributed by atoms with van der Waals surface area (Å²) in [7, 11) is 3.00. The van der Waals surface area contributed by atoms with E-state index in [9.17, 15) is 29.8 Å². The molecule has 0 unspecified atom stereocenters. The number of hydrogen-bond donors (Lipinski definition) is 2. The molecular formula is C16H16N8O6S. The van der Waals surface area contributed by atoms with Gasteiger partial charge in [-0.05, 0) is 13.0 Å². The van der Waals surface area contributed by atoms with E-state index in [0.717, 1.165) is 16.7 Å². The quantitative estimate of drug-likeness (QED) is 0.233. The molecule has 2 aromatic heterocycles. The zero-order chi connectivity index (χ0) is 22.9. The van der Waals surface area contributed by atoms with Crippen LogP contribution < -0.4 is 16.7 Å². The minimum atomic E-state index is -0.740. The molecule has 0 saturated carbocycles. The van der Waals surface area contributed by atoms with Crippen molar-refractivity contribution in [1.29, 1.82) is 0 Å². The molecule has 2 N–H and O–H groups in total. The number of rotatable bonds is 7. The molecule has 0 aliphatic rings. The molecule has 0 aliphatic heterocycles. The van der Waals surface area contributed by atoms with Gasteiger partial charge < -0.3 is 4.57 Å². The molecule has 15 heteroatoms. The number of nitro groups is 2. The van der Waals surface area contributed by atoms with Gasteiger partial charge in [0.1, 0.15) is 5.69 Å². The number of benzene rings is 1. The lowest BCUT2D eigenvalue weighted by molar-refractivity contribution is -0.393. The fourth-order valence-corrected chi connectivity index (χ4v) is 3.45. The number of non-ortho nitro benzene ring substituents is 1. The summed E-state index contributed by atoms with van der Waals surface area (Å²) in [6, 6.07) is 3.19. The molecule has 0 amide bonds. The fraction of sp³-hybridized carbons (Fsp3) is 0.250. The van der Waals surface area contributed by atoms with E-state index in [2.05, 4.69) is 20.5 Å². The number of hydrogen-bond acceptors (Lipinski definition) is 10. The largest absolute Gasteiger partial charge is 0.329 e. The zero-order valence-corrected chi connectivity index (χ0v) is 17.3. The Balaban J connectivity index is 1.78. The van der Waals surface area contributed by atoms with Gasteiger partial charge in [0.25, 0.3) is 11.2 Å². The van der Waals surface area contributed by atoms with E-state index in [4.69, 9.17) is 0 Å². The highest BCUT2D eigenvalue weighted by Gasteiger charge is 2.19. The molecule has 0 radical (unpaired) electrons. The number of aryl methyl sites for hydroxylation is 1. The van der Waals surface area contributed by atoms with Gasteiger partial charge in [-0.25, -0.2) is 9.78 Å². The summed E-state index contributed by atoms with van der Waals surface area (Å²) in [5.74, 6) is 0.315. The fourth-order valence-electron chi connectivity index (χ4n) is 2.61. The summed E-state index contributed by atoms with van der Waals surface area (Å²) in [5, 5.41) is 26.5. The second kappa shape index (κ2) is 8.39. The molecule has 0 aliphatic carbocycles. The van der Waals surface area contributed by atoms with Gasteiger partial charge in [-0.1, -0.05) is 11.8 Å². The highest BCUT2D eigenvalue weighted by Crippen LogP contribution is 2.29. The van der Waals surface area contributed by atoms with Crippen LogP contribution in [-0.4, -0.2) is 40.4 Å². The van der Waals surface area contributed by atoms with Crippen molar-refractivity contribution in [3.05, 3.63) is 59.3 Å². The predicted octanol–water partition coefficient (Wildman–Crippen LogP) is 1.36. The van der Waals surface area contributed by atoms with E-state index in [1.807, 2.05) is 0 Å². The van der Waals surface area contributed by atoms with Gasteiger partial charge in [0.2, 0.25) is 0 Å². The molecule has 1 aromatic carbocycles. The molecule has 0 fully saturated rings. The lowest BCUT2D eigenvalue weighted by Crippen LogP contribution is -2.33. The van der Waals surface area contributed by atoms with Gasteiger partial charge in [0, 0.05) is 31.6 Å². The Kier molecular flexibility index (Phi) is 5.87. The Hall–Kier alpha value is -4.01. The van der Waals surface area contributed by atoms with Crippen LogP contribution in [0.1, 0.15) is 6.92 Å². The number of nitrogens with one attached hydrogen (secondary N) is 2. The highest BCUT2D eigenvalue weighted by atomic mass is 32.2. The number of hydrazone groups is 1. The van der Waals surface area contributed by atoms with Crippen LogP contribution in [0, 0.1) is 20.2 Å². The van der Waals surface area contributed by atoms with E-state index < -0.39 is 32.5 Å². The van der Waals surface area contributed by atoms with Gasteiger partial charge in [-0.3, -0.25) is 40.0 Å². The van der Waals surface area contributed by atoms with Gasteiger partial charge in [-0.15, -0.1) is 0 Å². The average molecular weight is 448 g/mol. The van der Waals surface area contributed by atoms with Crippen molar-refractivity contribution in [3.8, 4) is 0 Å². The summed E-state index contributed by atoms with van der Waals surface area (Å²) in [4.78, 5) is 51.3. The number of thioether (sulfide) groups is 1. The highest BCUT2D eigenvalue weighted by molar-refractivity contribution is 7.99. The molecule has 14 nitrogen and oxygen atoms in total. The summed E-state index contributed by atoms with van der Waals surface area (Å²) in [5.41, 5.74) is 1.58. The molecule has 0 bridgehead atoms. The number of nitro benzene ring substituents is 2. The van der Waals surface area contributed by atoms with Crippen molar-refractivity contribution in [2.45, 2.75) is 12.1 Å². The third-order valence-corrected chi connectivity index (χ3v) is 5.44. The maximum absolute atomic E-state index is 12.3. The number of imidazole rings is 1. The molecule has 3 aromatic rings. The first kappa shape index (κ1) is 21.7. The summed E-state index contributed by atoms with van der Waals surface area (Å²) < 4.78 is 2.51. The molecule has 0 atom stereocenters. The molecule has 2 heterocycles. The molecule has 0 saturated heterocycles. The third kappa shape index (κ3) is 4.30. The number of anilines is 1. The van der Waals surface area contributed by atoms with Crippen molar-refractivity contribution < 1.29 is 9.85 Å². The zero-order valence-electron chi connectivity index (χ0n) is 16.5. The monoisotopic (exact) mass is 448 g/mol. The lowest BCUT2D eigenvalue weighted by Gasteiger charge is -2.05. The molecule has 3 rings (SSSR count). The summed E-state index contributed by atoms with van der Waals surface area (Å²) in [6.45, 7) is 1.67. The molecule has 162 valence electrons. The Morgan fingerprint density at radius 3 is 2.58 bits per heavy atom. The molecule has 0 spiro atoms. The Morgan fingerprint density at radius 1 is 1.23 bits per heavy atom. The van der Waals surface area contributed by atoms with Crippen molar-refractivity contribution >= 4 is 45.7 Å². The first-order chi connectivity index (χ1) is 14.6. The maximum atomic E-state index is 12.3. The van der Waals surface area contributed by atoms with Crippen molar-refractivity contribution in [3.63, 3.8) is 0 Å². The van der Waals surface area contributed by atoms with E-state index in [1.165, 1.54) is 24.9 Å². The van der Waals surface area contributed by atoms with E-state index in [-0.39, 0.29) is 16.9 Å². The minimum absolute atomic E-state index is 0.00347. The number of aromatic amines is 1. The maximum Gasteiger partial charge on any atom is 0.329 e. The minimum Gasteiger partial charge on any atom is -0.316 e. The van der Waals surface area contributed by atoms with Crippen molar-refractivity contribution in [2.75, 3.05) is 11.2 Å². The van der Waals surface area contributed by atoms with Crippen LogP contribution in [0.25, 0.3) is 11.2 Å². The van der Waals surface area contributed by atoms with Crippen LogP contribution in [0.5, 0.6) is 0 Å². The van der Waals surface area contributed by atoms with Gasteiger partial charge in [-0.2, -0.15) is 5.10 Å². The van der Waals surface area contributed by atoms with Crippen LogP contribution in [-0.2, 0) is 14.1 Å². The van der Waals surface area contributed by atoms with Crippen LogP contribution in [0.2, 0.25) is 0 Å². The third-order valence-electron chi connectivity index (χ3n) is 4.26. The number of fused-ring (bicyclic) bond motifs is 1. The molecular weight excluding hydrogens is 432 g/mol. The summed E-state index contributed by atoms with van der Waals surface area (Å²) in [6.07, 6.45) is 0. The lowest BCUT2D eigenvalue weighted by atomic mass is 10.2. The number of H-pyrrole nitrogens is 1. The van der Waals surface area contributed by atoms with E-state index in [1.54, 1.807) is 18.5 Å². The second-order valence-electron chi connectivity index (χ2n) is 6.41. The standard InChI is InChI=1S/C16H16N8O6S/c1-8(19-20-10-5-4-9(23(27)28)6-11(10)24(29)30)7-31-16-18-13-12(21(16)2)14(25)22(3)15(26)17-13/h4-6,20H,7H2,1-3H3,(H,17,26). The Morgan fingerprint density at radius 2 is 1.94 bits per heavy atom. The van der Waals surface area contributed by atoms with Crippen molar-refractivity contribution in [1.82, 2.24) is 19.1 Å². The topological polar surface area (TPSA) is 183 Å². The van der Waals surface area contributed by atoms with Crippen molar-refractivity contribution in [2.24, 2.45) is 19.2 Å². The first-order valence-corrected chi connectivity index (χ1v) is 9.59. The SMILES string of the molecule is CC(CSc1nc2[nH]c(=O)n(C)c(=O)c2n1C)=NNc1ccc([N+](=O)[O-])cc1[N+](=O)[O-]. The van der Waals surface area contributed by atoms with E-state index in [0.29, 0.717) is 16.6 Å².